The number of aromatic nitrogens is 1. The predicted octanol–water partition coefficient (Wildman–Crippen LogP) is 2.88. The number of nitrogens with zero attached hydrogens (tertiary/aromatic N) is 3. The van der Waals surface area contributed by atoms with Gasteiger partial charge in [-0.2, -0.15) is 0 Å². The molecule has 1 aromatic carbocycles. The molecule has 0 N–H and O–H groups in total. The fourth-order valence-electron chi connectivity index (χ4n) is 3.84. The summed E-state index contributed by atoms with van der Waals surface area (Å²) in [5.41, 5.74) is 4.16. The molecular formula is C18H21N3OS. The largest absolute Gasteiger partial charge is 0.337 e. The molecule has 4 nitrogen and oxygen atoms in total. The maximum atomic E-state index is 12.3. The van der Waals surface area contributed by atoms with E-state index in [1.165, 1.54) is 30.0 Å². The number of hydrogen-bond donors (Lipinski definition) is 0. The van der Waals surface area contributed by atoms with Crippen LogP contribution in [0.15, 0.2) is 41.2 Å². The Labute approximate surface area is 140 Å². The van der Waals surface area contributed by atoms with Crippen molar-refractivity contribution in [1.82, 2.24) is 14.8 Å². The summed E-state index contributed by atoms with van der Waals surface area (Å²) in [6, 6.07) is 10.7. The third-order valence-electron chi connectivity index (χ3n) is 5.13. The molecule has 2 saturated heterocycles. The van der Waals surface area contributed by atoms with Crippen LogP contribution in [0.1, 0.15) is 28.9 Å². The maximum Gasteiger partial charge on any atom is 0.273 e. The summed E-state index contributed by atoms with van der Waals surface area (Å²) in [7, 11) is 0. The monoisotopic (exact) mass is 327 g/mol. The van der Waals surface area contributed by atoms with Crippen LogP contribution in [-0.2, 0) is 6.54 Å². The molecule has 23 heavy (non-hydrogen) atoms. The van der Waals surface area contributed by atoms with Crippen molar-refractivity contribution in [3.05, 3.63) is 52.5 Å². The lowest BCUT2D eigenvalue weighted by Crippen LogP contribution is -2.60. The van der Waals surface area contributed by atoms with Gasteiger partial charge in [-0.15, -0.1) is 11.3 Å². The number of benzene rings is 1. The number of likely N-dealkylation sites (tertiary alicyclic amines) is 2. The van der Waals surface area contributed by atoms with E-state index in [4.69, 9.17) is 0 Å². The summed E-state index contributed by atoms with van der Waals surface area (Å²) < 4.78 is 0. The molecule has 1 spiro atoms. The Hall–Kier alpha value is -1.72. The molecule has 120 valence electrons. The first-order chi connectivity index (χ1) is 11.2. The summed E-state index contributed by atoms with van der Waals surface area (Å²) in [6.45, 7) is 5.12. The van der Waals surface area contributed by atoms with Crippen LogP contribution < -0.4 is 0 Å². The van der Waals surface area contributed by atoms with E-state index < -0.39 is 0 Å². The van der Waals surface area contributed by atoms with Gasteiger partial charge >= 0.3 is 0 Å². The zero-order valence-corrected chi connectivity index (χ0v) is 14.0. The van der Waals surface area contributed by atoms with Crippen molar-refractivity contribution in [2.45, 2.75) is 19.4 Å². The number of thiazole rings is 1. The lowest BCUT2D eigenvalue weighted by molar-refractivity contribution is -0.0465. The average molecular weight is 327 g/mol. The van der Waals surface area contributed by atoms with Gasteiger partial charge in [-0.1, -0.05) is 30.3 Å². The minimum absolute atomic E-state index is 0.0987. The van der Waals surface area contributed by atoms with Gasteiger partial charge in [0, 0.05) is 38.1 Å². The molecule has 0 unspecified atom stereocenters. The average Bonchev–Trinajstić information content (AvgIpc) is 3.09. The van der Waals surface area contributed by atoms with Crippen LogP contribution >= 0.6 is 11.3 Å². The highest BCUT2D eigenvalue weighted by Gasteiger charge is 2.45. The van der Waals surface area contributed by atoms with Gasteiger partial charge in [0.1, 0.15) is 5.69 Å². The molecule has 1 aromatic heterocycles. The second-order valence-corrected chi connectivity index (χ2v) is 7.52. The Balaban J connectivity index is 1.29. The molecule has 2 aromatic rings. The quantitative estimate of drug-likeness (QED) is 0.870. The second-order valence-electron chi connectivity index (χ2n) is 6.80. The van der Waals surface area contributed by atoms with Crippen molar-refractivity contribution in [3.63, 3.8) is 0 Å². The molecule has 0 aliphatic carbocycles. The lowest BCUT2D eigenvalue weighted by atomic mass is 9.72. The molecule has 0 bridgehead atoms. The SMILES string of the molecule is O=C(c1cscn1)N1CCC2(CC1)CN(Cc1ccccc1)C2. The number of carbonyl (C=O) groups excluding carboxylic acids is 1. The van der Waals surface area contributed by atoms with E-state index >= 15 is 0 Å². The zero-order chi connectivity index (χ0) is 15.7. The molecule has 1 amide bonds. The van der Waals surface area contributed by atoms with Crippen molar-refractivity contribution in [3.8, 4) is 0 Å². The Morgan fingerprint density at radius 2 is 1.91 bits per heavy atom. The van der Waals surface area contributed by atoms with E-state index in [0.717, 1.165) is 32.5 Å². The smallest absolute Gasteiger partial charge is 0.273 e. The van der Waals surface area contributed by atoms with E-state index in [0.29, 0.717) is 11.1 Å². The van der Waals surface area contributed by atoms with Gasteiger partial charge in [0.2, 0.25) is 0 Å². The van der Waals surface area contributed by atoms with Crippen molar-refractivity contribution in [2.75, 3.05) is 26.2 Å². The van der Waals surface area contributed by atoms with Crippen LogP contribution in [0.5, 0.6) is 0 Å². The van der Waals surface area contributed by atoms with Gasteiger partial charge < -0.3 is 4.90 Å². The number of carbonyl (C=O) groups is 1. The summed E-state index contributed by atoms with van der Waals surface area (Å²) in [6.07, 6.45) is 2.24. The Kier molecular flexibility index (Phi) is 3.91. The summed E-state index contributed by atoms with van der Waals surface area (Å²) >= 11 is 1.48. The Bertz CT molecular complexity index is 655. The molecule has 0 saturated carbocycles. The van der Waals surface area contributed by atoms with Crippen LogP contribution in [0.2, 0.25) is 0 Å². The zero-order valence-electron chi connectivity index (χ0n) is 13.1. The number of hydrogen-bond acceptors (Lipinski definition) is 4. The standard InChI is InChI=1S/C18H21N3OS/c22-17(16-11-23-14-19-16)21-8-6-18(7-9-21)12-20(13-18)10-15-4-2-1-3-5-15/h1-5,11,14H,6-10,12-13H2. The van der Waals surface area contributed by atoms with Crippen LogP contribution in [0.25, 0.3) is 0 Å². The van der Waals surface area contributed by atoms with Crippen molar-refractivity contribution in [1.29, 1.82) is 0 Å². The second kappa shape index (κ2) is 6.06. The maximum absolute atomic E-state index is 12.3. The molecule has 0 atom stereocenters. The van der Waals surface area contributed by atoms with Gasteiger partial charge in [0.15, 0.2) is 0 Å². The Morgan fingerprint density at radius 1 is 1.17 bits per heavy atom. The third kappa shape index (κ3) is 3.03. The fraction of sp³-hybridized carbons (Fsp3) is 0.444. The number of piperidine rings is 1. The van der Waals surface area contributed by atoms with Crippen LogP contribution in [0.3, 0.4) is 0 Å². The molecule has 4 rings (SSSR count). The highest BCUT2D eigenvalue weighted by Crippen LogP contribution is 2.41. The molecular weight excluding hydrogens is 306 g/mol. The van der Waals surface area contributed by atoms with Gasteiger partial charge in [0.25, 0.3) is 5.91 Å². The van der Waals surface area contributed by atoms with Gasteiger partial charge in [0.05, 0.1) is 5.51 Å². The molecule has 2 fully saturated rings. The Morgan fingerprint density at radius 3 is 2.57 bits per heavy atom. The third-order valence-corrected chi connectivity index (χ3v) is 5.72. The minimum Gasteiger partial charge on any atom is -0.337 e. The lowest BCUT2D eigenvalue weighted by Gasteiger charge is -2.54. The van der Waals surface area contributed by atoms with Crippen molar-refractivity contribution in [2.24, 2.45) is 5.41 Å². The summed E-state index contributed by atoms with van der Waals surface area (Å²) in [5.74, 6) is 0.0987. The fourth-order valence-corrected chi connectivity index (χ4v) is 4.36. The van der Waals surface area contributed by atoms with E-state index in [2.05, 4.69) is 40.2 Å². The topological polar surface area (TPSA) is 36.4 Å². The molecule has 3 heterocycles. The normalized spacial score (nSPS) is 20.4. The molecule has 5 heteroatoms. The van der Waals surface area contributed by atoms with Gasteiger partial charge in [-0.3, -0.25) is 9.69 Å². The van der Waals surface area contributed by atoms with Gasteiger partial charge in [-0.05, 0) is 23.8 Å². The highest BCUT2D eigenvalue weighted by atomic mass is 32.1. The van der Waals surface area contributed by atoms with Crippen LogP contribution in [-0.4, -0.2) is 46.9 Å². The minimum atomic E-state index is 0.0987. The van der Waals surface area contributed by atoms with Crippen molar-refractivity contribution < 1.29 is 4.79 Å². The molecule has 2 aliphatic heterocycles. The van der Waals surface area contributed by atoms with Crippen molar-refractivity contribution >= 4 is 17.2 Å². The van der Waals surface area contributed by atoms with E-state index in [1.54, 1.807) is 5.51 Å². The summed E-state index contributed by atoms with van der Waals surface area (Å²) in [5, 5.41) is 1.84. The summed E-state index contributed by atoms with van der Waals surface area (Å²) in [4.78, 5) is 21.0. The number of amides is 1. The molecule has 2 aliphatic rings. The highest BCUT2D eigenvalue weighted by molar-refractivity contribution is 7.07. The van der Waals surface area contributed by atoms with E-state index in [-0.39, 0.29) is 5.91 Å². The predicted molar refractivity (Wildman–Crippen MR) is 91.4 cm³/mol. The number of rotatable bonds is 3. The van der Waals surface area contributed by atoms with E-state index in [9.17, 15) is 4.79 Å². The van der Waals surface area contributed by atoms with Crippen LogP contribution in [0.4, 0.5) is 0 Å². The van der Waals surface area contributed by atoms with Crippen LogP contribution in [0, 0.1) is 5.41 Å². The first-order valence-corrected chi connectivity index (χ1v) is 9.12. The first kappa shape index (κ1) is 14.8. The first-order valence-electron chi connectivity index (χ1n) is 8.18. The van der Waals surface area contributed by atoms with E-state index in [1.807, 2.05) is 10.3 Å². The molecule has 0 radical (unpaired) electrons. The van der Waals surface area contributed by atoms with Gasteiger partial charge in [-0.25, -0.2) is 4.98 Å².